The Labute approximate surface area is 292 Å². The number of methoxy groups -OCH3 is 1. The molecule has 3 aromatic carbocycles. The van der Waals surface area contributed by atoms with E-state index < -0.39 is 30.6 Å². The van der Waals surface area contributed by atoms with Crippen molar-refractivity contribution in [2.24, 2.45) is 11.5 Å². The molecule has 9 N–H and O–H groups in total. The fourth-order valence-corrected chi connectivity index (χ4v) is 3.96. The van der Waals surface area contributed by atoms with Crippen molar-refractivity contribution in [3.63, 3.8) is 0 Å². The summed E-state index contributed by atoms with van der Waals surface area (Å²) in [6.07, 6.45) is 0. The quantitative estimate of drug-likeness (QED) is 0.161. The van der Waals surface area contributed by atoms with E-state index in [1.54, 1.807) is 54.5 Å². The Morgan fingerprint density at radius 3 is 1.80 bits per heavy atom. The van der Waals surface area contributed by atoms with E-state index >= 15 is 0 Å². The van der Waals surface area contributed by atoms with Crippen LogP contribution in [0.25, 0.3) is 6.15 Å². The van der Waals surface area contributed by atoms with Crippen LogP contribution in [0, 0.1) is 6.92 Å². The molecule has 0 bridgehead atoms. The first-order valence-corrected chi connectivity index (χ1v) is 12.7. The molecule has 0 aromatic heterocycles. The number of nitrogens with zero attached hydrogens (tertiary/aromatic N) is 1. The number of aliphatic carboxylic acids is 2. The Bertz CT molecular complexity index is 1260. The Balaban J connectivity index is -0.000000880. The van der Waals surface area contributed by atoms with Gasteiger partial charge in [0.2, 0.25) is 0 Å². The largest absolute Gasteiger partial charge is 0.693 e. The van der Waals surface area contributed by atoms with Gasteiger partial charge >= 0.3 is 17.9 Å². The van der Waals surface area contributed by atoms with E-state index in [-0.39, 0.29) is 72.4 Å². The average molecular weight is 707 g/mol. The van der Waals surface area contributed by atoms with Crippen LogP contribution in [0.1, 0.15) is 60.4 Å². The molecule has 0 aliphatic carbocycles. The zero-order chi connectivity index (χ0) is 30.9. The molecule has 3 aromatic rings. The molecule has 0 aliphatic heterocycles. The van der Waals surface area contributed by atoms with Gasteiger partial charge in [-0.15, -0.1) is 0 Å². The molecule has 0 heterocycles. The van der Waals surface area contributed by atoms with E-state index in [0.717, 1.165) is 28.8 Å². The summed E-state index contributed by atoms with van der Waals surface area (Å²) >= 11 is 0. The second-order valence-corrected chi connectivity index (χ2v) is 8.59. The predicted octanol–water partition coefficient (Wildman–Crippen LogP) is 5.37. The van der Waals surface area contributed by atoms with E-state index in [9.17, 15) is 24.6 Å². The topological polar surface area (TPSA) is 219 Å². The zero-order valence-corrected chi connectivity index (χ0v) is 27.7. The number of rotatable bonds is 12. The van der Waals surface area contributed by atoms with E-state index in [0.29, 0.717) is 11.5 Å². The molecular formula is C32H49N4O8Y-. The molecule has 249 valence electrons. The monoisotopic (exact) mass is 706 g/mol. The molecular weight excluding hydrogens is 657 g/mol. The third kappa shape index (κ3) is 16.5. The van der Waals surface area contributed by atoms with Crippen LogP contribution in [-0.2, 0) is 48.8 Å². The van der Waals surface area contributed by atoms with E-state index in [2.05, 4.69) is 5.73 Å². The first kappa shape index (κ1) is 48.5. The number of nitrogens with two attached hydrogens (primary N) is 3. The van der Waals surface area contributed by atoms with Gasteiger partial charge in [-0.3, -0.25) is 9.69 Å². The second-order valence-electron chi connectivity index (χ2n) is 8.59. The van der Waals surface area contributed by atoms with E-state index in [1.807, 2.05) is 26.0 Å². The normalized spacial score (nSPS) is 9.84. The molecule has 0 spiro atoms. The van der Waals surface area contributed by atoms with Crippen molar-refractivity contribution >= 4 is 17.9 Å². The summed E-state index contributed by atoms with van der Waals surface area (Å²) < 4.78 is 10.6. The van der Waals surface area contributed by atoms with Crippen molar-refractivity contribution in [3.8, 4) is 11.5 Å². The van der Waals surface area contributed by atoms with Gasteiger partial charge < -0.3 is 42.4 Å². The first-order valence-electron chi connectivity index (χ1n) is 12.7. The fraction of sp³-hybridized carbons (Fsp3) is 0.344. The van der Waals surface area contributed by atoms with Gasteiger partial charge in [0.25, 0.3) is 0 Å². The Kier molecular flexibility index (Phi) is 27.9. The molecule has 3 rings (SSSR count). The minimum atomic E-state index is -1.09. The van der Waals surface area contributed by atoms with E-state index in [1.165, 1.54) is 19.2 Å². The molecule has 1 unspecified atom stereocenters. The van der Waals surface area contributed by atoms with Crippen molar-refractivity contribution in [2.45, 2.75) is 41.3 Å². The minimum absolute atomic E-state index is 0. The Morgan fingerprint density at radius 2 is 1.38 bits per heavy atom. The number of hydrogen-bond acceptors (Lipinski definition) is 8. The number of carboxylic acid groups (broad SMARTS) is 3. The molecule has 0 amide bonds. The Hall–Kier alpha value is -3.39. The van der Waals surface area contributed by atoms with Crippen LogP contribution in [-0.4, -0.2) is 72.0 Å². The van der Waals surface area contributed by atoms with Crippen LogP contribution in [0.15, 0.2) is 66.7 Å². The predicted molar refractivity (Wildman–Crippen MR) is 174 cm³/mol. The molecule has 0 saturated carbocycles. The molecule has 0 fully saturated rings. The van der Waals surface area contributed by atoms with Crippen molar-refractivity contribution < 1.29 is 71.9 Å². The molecule has 12 nitrogen and oxygen atoms in total. The van der Waals surface area contributed by atoms with Gasteiger partial charge in [0.05, 0.1) is 25.3 Å². The third-order valence-corrected chi connectivity index (χ3v) is 5.62. The fourth-order valence-electron chi connectivity index (χ4n) is 3.96. The first-order chi connectivity index (χ1) is 19.6. The number of aryl methyl sites for hydroxylation is 1. The number of aromatic carboxylic acids is 1. The summed E-state index contributed by atoms with van der Waals surface area (Å²) in [4.78, 5) is 35.7. The van der Waals surface area contributed by atoms with Gasteiger partial charge in [-0.2, -0.15) is 0 Å². The maximum Gasteiger partial charge on any atom is 0.341 e. The maximum absolute atomic E-state index is 11.9. The number of ether oxygens (including phenoxy) is 2. The van der Waals surface area contributed by atoms with Crippen molar-refractivity contribution in [2.75, 3.05) is 33.9 Å². The second kappa shape index (κ2) is 25.9. The van der Waals surface area contributed by atoms with E-state index in [4.69, 9.17) is 20.3 Å². The van der Waals surface area contributed by atoms with Crippen LogP contribution in [0.2, 0.25) is 0 Å². The molecule has 1 atom stereocenters. The summed E-state index contributed by atoms with van der Waals surface area (Å²) in [5.74, 6) is -2.11. The van der Waals surface area contributed by atoms with Crippen LogP contribution in [0.3, 0.4) is 0 Å². The SMILES string of the molecule is C.C.CCN.CN.COc1ccc(C(c2ccc(OCC(=O)O)cc2)N(CC(=O)O)Cc2ccc(C(=O)O)cc2)c(C)c1.[NH2-].[Y]. The van der Waals surface area contributed by atoms with Gasteiger partial charge in [-0.1, -0.05) is 52.1 Å². The van der Waals surface area contributed by atoms with Crippen LogP contribution in [0.4, 0.5) is 0 Å². The third-order valence-electron chi connectivity index (χ3n) is 5.62. The van der Waals surface area contributed by atoms with Gasteiger partial charge in [-0.25, -0.2) is 9.59 Å². The average Bonchev–Trinajstić information content (AvgIpc) is 2.95. The Morgan fingerprint density at radius 1 is 0.867 bits per heavy atom. The van der Waals surface area contributed by atoms with Crippen molar-refractivity contribution in [1.29, 1.82) is 0 Å². The van der Waals surface area contributed by atoms with Crippen molar-refractivity contribution in [1.82, 2.24) is 4.90 Å². The molecule has 45 heavy (non-hydrogen) atoms. The van der Waals surface area contributed by atoms with Crippen molar-refractivity contribution in [3.05, 3.63) is 101 Å². The summed E-state index contributed by atoms with van der Waals surface area (Å²) in [5.41, 5.74) is 12.8. The zero-order valence-electron chi connectivity index (χ0n) is 24.9. The maximum atomic E-state index is 11.9. The van der Waals surface area contributed by atoms with Crippen LogP contribution in [0.5, 0.6) is 11.5 Å². The molecule has 13 heteroatoms. The van der Waals surface area contributed by atoms with Crippen LogP contribution < -0.4 is 20.9 Å². The number of carboxylic acids is 3. The van der Waals surface area contributed by atoms with Gasteiger partial charge in [0, 0.05) is 39.3 Å². The summed E-state index contributed by atoms with van der Waals surface area (Å²) in [7, 11) is 3.07. The van der Waals surface area contributed by atoms with Gasteiger partial charge in [0.15, 0.2) is 6.61 Å². The summed E-state index contributed by atoms with van der Waals surface area (Å²) in [5, 5.41) is 27.8. The molecule has 0 aliphatic rings. The van der Waals surface area contributed by atoms with Crippen LogP contribution >= 0.6 is 0 Å². The smallest absolute Gasteiger partial charge is 0.341 e. The summed E-state index contributed by atoms with van der Waals surface area (Å²) in [6, 6.07) is 18.2. The number of benzene rings is 3. The number of hydrogen-bond donors (Lipinski definition) is 5. The summed E-state index contributed by atoms with van der Waals surface area (Å²) in [6.45, 7) is 4.04. The van der Waals surface area contributed by atoms with Gasteiger partial charge in [0.1, 0.15) is 11.5 Å². The number of carbonyl (C=O) groups is 3. The molecule has 1 radical (unpaired) electrons. The minimum Gasteiger partial charge on any atom is -0.693 e. The standard InChI is InChI=1S/C27H27NO8.C2H7N.CH5N.2CH4.H2N.Y/c1-17-13-22(35-2)11-12-23(17)26(19-7-9-21(10-8-19)36-16-25(31)32)28(15-24(29)30)14-18-3-5-20(6-4-18)27(33)34;1-2-3;1-2;;;;/h3-13,26H,14-16H2,1-2H3,(H,29,30)(H,31,32)(H,33,34);2-3H2,1H3;2H2,1H3;2*1H4;1H2;/q;;;;;-1;. The van der Waals surface area contributed by atoms with Gasteiger partial charge in [-0.05, 0) is 79.2 Å². The molecule has 0 saturated heterocycles.